The number of hydrogen-bond acceptors (Lipinski definition) is 4. The van der Waals surface area contributed by atoms with Gasteiger partial charge in [-0.25, -0.2) is 0 Å². The van der Waals surface area contributed by atoms with Crippen molar-refractivity contribution in [1.29, 1.82) is 0 Å². The third-order valence-corrected chi connectivity index (χ3v) is 5.40. The Kier molecular flexibility index (Phi) is 3.48. The monoisotopic (exact) mass is 288 g/mol. The summed E-state index contributed by atoms with van der Waals surface area (Å²) in [5.41, 5.74) is 2.40. The number of ether oxygens (including phenoxy) is 2. The first-order valence-electron chi connectivity index (χ1n) is 8.18. The van der Waals surface area contributed by atoms with E-state index in [0.29, 0.717) is 12.0 Å². The predicted octanol–water partition coefficient (Wildman–Crippen LogP) is 2.06. The van der Waals surface area contributed by atoms with E-state index in [4.69, 9.17) is 9.47 Å². The van der Waals surface area contributed by atoms with E-state index in [2.05, 4.69) is 29.4 Å². The second-order valence-electron chi connectivity index (χ2n) is 6.78. The molecule has 1 N–H and O–H groups in total. The van der Waals surface area contributed by atoms with E-state index in [1.165, 1.54) is 24.1 Å². The van der Waals surface area contributed by atoms with E-state index in [1.807, 2.05) is 6.20 Å². The Morgan fingerprint density at radius 1 is 1.29 bits per heavy atom. The summed E-state index contributed by atoms with van der Waals surface area (Å²) in [5.74, 6) is 1.11. The van der Waals surface area contributed by atoms with Crippen molar-refractivity contribution in [2.45, 2.75) is 44.4 Å². The molecule has 4 rings (SSSR count). The minimum atomic E-state index is -0.207. The van der Waals surface area contributed by atoms with Gasteiger partial charge in [-0.15, -0.1) is 0 Å². The molecule has 0 aromatic carbocycles. The first kappa shape index (κ1) is 13.7. The maximum Gasteiger partial charge on any atom is 0.171 e. The molecule has 1 saturated heterocycles. The Bertz CT molecular complexity index is 496. The van der Waals surface area contributed by atoms with Gasteiger partial charge in [-0.3, -0.25) is 4.98 Å². The van der Waals surface area contributed by atoms with Gasteiger partial charge in [0.1, 0.15) is 0 Å². The van der Waals surface area contributed by atoms with Crippen LogP contribution < -0.4 is 5.32 Å². The van der Waals surface area contributed by atoms with Crippen molar-refractivity contribution in [1.82, 2.24) is 10.3 Å². The van der Waals surface area contributed by atoms with Gasteiger partial charge in [0, 0.05) is 43.2 Å². The third-order valence-electron chi connectivity index (χ3n) is 5.40. The number of rotatable bonds is 4. The van der Waals surface area contributed by atoms with Crippen LogP contribution in [0.5, 0.6) is 0 Å². The lowest BCUT2D eigenvalue weighted by Crippen LogP contribution is -2.44. The quantitative estimate of drug-likeness (QED) is 0.921. The zero-order valence-corrected chi connectivity index (χ0v) is 12.7. The Morgan fingerprint density at radius 2 is 2.14 bits per heavy atom. The average Bonchev–Trinajstić information content (AvgIpc) is 3.18. The molecule has 3 fully saturated rings. The molecular weight excluding hydrogens is 264 g/mol. The van der Waals surface area contributed by atoms with Gasteiger partial charge in [0.25, 0.3) is 0 Å². The van der Waals surface area contributed by atoms with Crippen molar-refractivity contribution in [3.63, 3.8) is 0 Å². The number of nitrogens with one attached hydrogen (secondary N) is 1. The van der Waals surface area contributed by atoms with Gasteiger partial charge >= 0.3 is 0 Å². The maximum absolute atomic E-state index is 5.91. The van der Waals surface area contributed by atoms with Gasteiger partial charge in [0.2, 0.25) is 0 Å². The molecule has 1 aliphatic heterocycles. The van der Waals surface area contributed by atoms with Crippen molar-refractivity contribution < 1.29 is 9.47 Å². The Hall–Kier alpha value is -0.970. The van der Waals surface area contributed by atoms with Crippen molar-refractivity contribution in [3.8, 4) is 0 Å². The van der Waals surface area contributed by atoms with E-state index in [-0.39, 0.29) is 5.79 Å². The van der Waals surface area contributed by atoms with Crippen LogP contribution in [0.15, 0.2) is 18.3 Å². The molecule has 3 atom stereocenters. The van der Waals surface area contributed by atoms with E-state index >= 15 is 0 Å². The fourth-order valence-electron chi connectivity index (χ4n) is 4.35. The molecule has 1 unspecified atom stereocenters. The highest BCUT2D eigenvalue weighted by Crippen LogP contribution is 2.54. The molecule has 2 heterocycles. The van der Waals surface area contributed by atoms with Gasteiger partial charge in [0.05, 0.1) is 13.2 Å². The highest BCUT2D eigenvalue weighted by molar-refractivity contribution is 5.12. The lowest BCUT2D eigenvalue weighted by atomic mass is 9.90. The number of pyridine rings is 1. The highest BCUT2D eigenvalue weighted by Gasteiger charge is 2.58. The van der Waals surface area contributed by atoms with Crippen LogP contribution in [0.4, 0.5) is 0 Å². The van der Waals surface area contributed by atoms with Gasteiger partial charge in [-0.1, -0.05) is 6.07 Å². The van der Waals surface area contributed by atoms with Crippen LogP contribution in [0, 0.1) is 18.8 Å². The second-order valence-corrected chi connectivity index (χ2v) is 6.78. The van der Waals surface area contributed by atoms with Gasteiger partial charge in [-0.2, -0.15) is 0 Å². The van der Waals surface area contributed by atoms with E-state index < -0.39 is 0 Å². The number of nitrogens with zero attached hydrogens (tertiary/aromatic N) is 1. The van der Waals surface area contributed by atoms with E-state index in [0.717, 1.165) is 38.5 Å². The van der Waals surface area contributed by atoms with Crippen LogP contribution in [0.3, 0.4) is 0 Å². The summed E-state index contributed by atoms with van der Waals surface area (Å²) >= 11 is 0. The molecule has 0 radical (unpaired) electrons. The van der Waals surface area contributed by atoms with Crippen LogP contribution in [0.25, 0.3) is 0 Å². The summed E-state index contributed by atoms with van der Waals surface area (Å²) in [5, 5.41) is 3.73. The van der Waals surface area contributed by atoms with Crippen LogP contribution in [0.1, 0.15) is 30.5 Å². The van der Waals surface area contributed by atoms with Crippen LogP contribution in [-0.4, -0.2) is 36.6 Å². The number of aryl methyl sites for hydroxylation is 1. The van der Waals surface area contributed by atoms with Crippen LogP contribution in [-0.2, 0) is 15.9 Å². The Labute approximate surface area is 126 Å². The zero-order valence-electron chi connectivity index (χ0n) is 12.7. The number of hydrogen-bond donors (Lipinski definition) is 1. The topological polar surface area (TPSA) is 43.4 Å². The third kappa shape index (κ3) is 2.50. The fourth-order valence-corrected chi connectivity index (χ4v) is 4.35. The molecule has 21 heavy (non-hydrogen) atoms. The van der Waals surface area contributed by atoms with Gasteiger partial charge in [0.15, 0.2) is 5.79 Å². The van der Waals surface area contributed by atoms with Crippen molar-refractivity contribution >= 4 is 0 Å². The zero-order chi connectivity index (χ0) is 14.3. The molecule has 3 aliphatic rings. The summed E-state index contributed by atoms with van der Waals surface area (Å²) in [6, 6.07) is 4.91. The molecule has 2 aliphatic carbocycles. The molecule has 2 saturated carbocycles. The lowest BCUT2D eigenvalue weighted by Gasteiger charge is -2.35. The van der Waals surface area contributed by atoms with E-state index in [9.17, 15) is 0 Å². The van der Waals surface area contributed by atoms with Crippen molar-refractivity contribution in [2.75, 3.05) is 19.8 Å². The van der Waals surface area contributed by atoms with Gasteiger partial charge < -0.3 is 14.8 Å². The fraction of sp³-hybridized carbons (Fsp3) is 0.706. The summed E-state index contributed by atoms with van der Waals surface area (Å²) in [4.78, 5) is 4.47. The summed E-state index contributed by atoms with van der Waals surface area (Å²) in [6.45, 7) is 4.65. The predicted molar refractivity (Wildman–Crippen MR) is 79.9 cm³/mol. The maximum atomic E-state index is 5.91. The number of aromatic nitrogens is 1. The minimum Gasteiger partial charge on any atom is -0.347 e. The minimum absolute atomic E-state index is 0.207. The average molecular weight is 288 g/mol. The molecule has 1 spiro atoms. The molecular formula is C17H24N2O2. The molecule has 114 valence electrons. The Morgan fingerprint density at radius 3 is 2.81 bits per heavy atom. The molecule has 0 amide bonds. The smallest absolute Gasteiger partial charge is 0.171 e. The molecule has 1 aromatic rings. The molecule has 2 bridgehead atoms. The van der Waals surface area contributed by atoms with E-state index in [1.54, 1.807) is 0 Å². The van der Waals surface area contributed by atoms with Crippen LogP contribution in [0.2, 0.25) is 0 Å². The summed E-state index contributed by atoms with van der Waals surface area (Å²) in [6.07, 6.45) is 6.50. The normalized spacial score (nSPS) is 33.1. The Balaban J connectivity index is 1.27. The lowest BCUT2D eigenvalue weighted by molar-refractivity contribution is -0.192. The van der Waals surface area contributed by atoms with Crippen LogP contribution >= 0.6 is 0 Å². The van der Waals surface area contributed by atoms with Crippen molar-refractivity contribution in [3.05, 3.63) is 29.6 Å². The number of fused-ring (bicyclic) bond motifs is 3. The summed E-state index contributed by atoms with van der Waals surface area (Å²) < 4.78 is 11.8. The first-order valence-corrected chi connectivity index (χ1v) is 8.18. The SMILES string of the molecule is Cc1ccc(CCNC2C[C@@H]3C[C@H]2CC32OCCO2)nc1. The highest BCUT2D eigenvalue weighted by atomic mass is 16.7. The molecule has 4 heteroatoms. The standard InChI is InChI=1S/C17H24N2O2/c1-12-2-3-15(19-11-12)4-5-18-16-9-14-8-13(16)10-17(14)20-6-7-21-17/h2-3,11,13-14,16,18H,4-10H2,1H3/t13-,14-,16?/m0/s1. The van der Waals surface area contributed by atoms with Gasteiger partial charge in [-0.05, 0) is 37.3 Å². The summed E-state index contributed by atoms with van der Waals surface area (Å²) in [7, 11) is 0. The van der Waals surface area contributed by atoms with Crippen molar-refractivity contribution in [2.24, 2.45) is 11.8 Å². The first-order chi connectivity index (χ1) is 10.3. The largest absolute Gasteiger partial charge is 0.347 e. The molecule has 4 nitrogen and oxygen atoms in total. The molecule has 1 aromatic heterocycles. The second kappa shape index (κ2) is 5.34.